The monoisotopic (exact) mass is 248 g/mol. The molecule has 0 aliphatic carbocycles. The van der Waals surface area contributed by atoms with Crippen molar-refractivity contribution in [3.8, 4) is 0 Å². The Labute approximate surface area is 112 Å². The average molecular weight is 248 g/mol. The molecule has 0 aliphatic rings. The van der Waals surface area contributed by atoms with Gasteiger partial charge in [-0.3, -0.25) is 4.98 Å². The molecule has 2 nitrogen and oxygen atoms in total. The third kappa shape index (κ3) is 5.63. The summed E-state index contributed by atoms with van der Waals surface area (Å²) in [7, 11) is 0. The molecule has 18 heavy (non-hydrogen) atoms. The molecule has 1 N–H and O–H groups in total. The summed E-state index contributed by atoms with van der Waals surface area (Å²) in [5.41, 5.74) is 2.57. The Kier molecular flexibility index (Phi) is 7.66. The van der Waals surface area contributed by atoms with E-state index < -0.39 is 0 Å². The van der Waals surface area contributed by atoms with Gasteiger partial charge in [0, 0.05) is 24.4 Å². The van der Waals surface area contributed by atoms with Crippen molar-refractivity contribution >= 4 is 0 Å². The van der Waals surface area contributed by atoms with Gasteiger partial charge in [0.15, 0.2) is 0 Å². The second kappa shape index (κ2) is 9.09. The van der Waals surface area contributed by atoms with Crippen molar-refractivity contribution in [2.24, 2.45) is 0 Å². The van der Waals surface area contributed by atoms with Crippen LogP contribution in [0.2, 0.25) is 0 Å². The molecule has 0 radical (unpaired) electrons. The molecule has 1 unspecified atom stereocenters. The van der Waals surface area contributed by atoms with E-state index in [4.69, 9.17) is 0 Å². The highest BCUT2D eigenvalue weighted by Gasteiger charge is 2.10. The van der Waals surface area contributed by atoms with Crippen LogP contribution >= 0.6 is 0 Å². The minimum absolute atomic E-state index is 0.588. The summed E-state index contributed by atoms with van der Waals surface area (Å²) in [6.07, 6.45) is 9.40. The summed E-state index contributed by atoms with van der Waals surface area (Å²) < 4.78 is 0. The van der Waals surface area contributed by atoms with Crippen LogP contribution in [0, 0.1) is 6.92 Å². The maximum atomic E-state index is 4.51. The lowest BCUT2D eigenvalue weighted by molar-refractivity contribution is 0.452. The molecule has 0 aliphatic heterocycles. The molecule has 102 valence electrons. The van der Waals surface area contributed by atoms with Gasteiger partial charge < -0.3 is 5.32 Å². The third-order valence-corrected chi connectivity index (χ3v) is 3.40. The van der Waals surface area contributed by atoms with Crippen LogP contribution in [0.4, 0.5) is 0 Å². The highest BCUT2D eigenvalue weighted by Crippen LogP contribution is 2.11. The highest BCUT2D eigenvalue weighted by atomic mass is 14.9. The molecular formula is C16H28N2. The SMILES string of the molecule is CCCCCC(Cc1ncccc1C)NCCC. The van der Waals surface area contributed by atoms with Gasteiger partial charge in [0.25, 0.3) is 0 Å². The molecule has 1 atom stereocenters. The number of unbranched alkanes of at least 4 members (excludes halogenated alkanes) is 2. The lowest BCUT2D eigenvalue weighted by atomic mass is 10.0. The molecule has 1 aromatic rings. The Morgan fingerprint density at radius 1 is 1.22 bits per heavy atom. The molecule has 0 saturated heterocycles. The number of hydrogen-bond donors (Lipinski definition) is 1. The Morgan fingerprint density at radius 3 is 2.72 bits per heavy atom. The largest absolute Gasteiger partial charge is 0.314 e. The van der Waals surface area contributed by atoms with Gasteiger partial charge in [-0.15, -0.1) is 0 Å². The average Bonchev–Trinajstić information content (AvgIpc) is 2.38. The predicted molar refractivity (Wildman–Crippen MR) is 78.9 cm³/mol. The molecule has 0 saturated carbocycles. The fourth-order valence-electron chi connectivity index (χ4n) is 2.23. The Hall–Kier alpha value is -0.890. The maximum absolute atomic E-state index is 4.51. The van der Waals surface area contributed by atoms with E-state index >= 15 is 0 Å². The van der Waals surface area contributed by atoms with E-state index in [-0.39, 0.29) is 0 Å². The van der Waals surface area contributed by atoms with Crippen LogP contribution in [0.1, 0.15) is 57.2 Å². The molecule has 0 amide bonds. The van der Waals surface area contributed by atoms with Crippen molar-refractivity contribution in [2.75, 3.05) is 6.54 Å². The Balaban J connectivity index is 2.51. The van der Waals surface area contributed by atoms with E-state index in [1.54, 1.807) is 0 Å². The Morgan fingerprint density at radius 2 is 2.06 bits per heavy atom. The molecule has 1 aromatic heterocycles. The summed E-state index contributed by atoms with van der Waals surface area (Å²) >= 11 is 0. The zero-order chi connectivity index (χ0) is 13.2. The van der Waals surface area contributed by atoms with Crippen LogP contribution in [0.3, 0.4) is 0 Å². The zero-order valence-electron chi connectivity index (χ0n) is 12.2. The van der Waals surface area contributed by atoms with E-state index in [1.807, 2.05) is 12.3 Å². The Bertz CT molecular complexity index is 323. The molecule has 0 aromatic carbocycles. The van der Waals surface area contributed by atoms with Gasteiger partial charge in [0.2, 0.25) is 0 Å². The first kappa shape index (κ1) is 15.2. The van der Waals surface area contributed by atoms with Crippen LogP contribution in [0.5, 0.6) is 0 Å². The van der Waals surface area contributed by atoms with E-state index in [1.165, 1.54) is 43.4 Å². The topological polar surface area (TPSA) is 24.9 Å². The van der Waals surface area contributed by atoms with Crippen molar-refractivity contribution in [2.45, 2.75) is 65.3 Å². The first-order valence-electron chi connectivity index (χ1n) is 7.41. The lowest BCUT2D eigenvalue weighted by Gasteiger charge is -2.19. The van der Waals surface area contributed by atoms with E-state index in [9.17, 15) is 0 Å². The van der Waals surface area contributed by atoms with E-state index in [0.717, 1.165) is 13.0 Å². The van der Waals surface area contributed by atoms with Crippen molar-refractivity contribution in [1.29, 1.82) is 0 Å². The second-order valence-corrected chi connectivity index (χ2v) is 5.12. The standard InChI is InChI=1S/C16H28N2/c1-4-6-7-10-15(17-11-5-2)13-16-14(3)9-8-12-18-16/h8-9,12,15,17H,4-7,10-11,13H2,1-3H3. The number of aryl methyl sites for hydroxylation is 1. The number of nitrogens with one attached hydrogen (secondary N) is 1. The van der Waals surface area contributed by atoms with E-state index in [0.29, 0.717) is 6.04 Å². The zero-order valence-corrected chi connectivity index (χ0v) is 12.2. The molecule has 0 fully saturated rings. The van der Waals surface area contributed by atoms with E-state index in [2.05, 4.69) is 37.1 Å². The minimum atomic E-state index is 0.588. The van der Waals surface area contributed by atoms with Crippen molar-refractivity contribution in [3.05, 3.63) is 29.6 Å². The second-order valence-electron chi connectivity index (χ2n) is 5.12. The summed E-state index contributed by atoms with van der Waals surface area (Å²) in [6, 6.07) is 4.76. The minimum Gasteiger partial charge on any atom is -0.314 e. The molecular weight excluding hydrogens is 220 g/mol. The maximum Gasteiger partial charge on any atom is 0.0448 e. The molecule has 1 rings (SSSR count). The fraction of sp³-hybridized carbons (Fsp3) is 0.688. The van der Waals surface area contributed by atoms with Crippen LogP contribution in [0.25, 0.3) is 0 Å². The smallest absolute Gasteiger partial charge is 0.0448 e. The molecule has 1 heterocycles. The van der Waals surface area contributed by atoms with Crippen LogP contribution in [0.15, 0.2) is 18.3 Å². The van der Waals surface area contributed by atoms with Crippen molar-refractivity contribution in [1.82, 2.24) is 10.3 Å². The number of rotatable bonds is 9. The predicted octanol–water partition coefficient (Wildman–Crippen LogP) is 3.88. The lowest BCUT2D eigenvalue weighted by Crippen LogP contribution is -2.32. The van der Waals surface area contributed by atoms with Crippen LogP contribution in [-0.2, 0) is 6.42 Å². The summed E-state index contributed by atoms with van der Waals surface area (Å²) in [6.45, 7) is 7.76. The molecule has 0 spiro atoms. The van der Waals surface area contributed by atoms with Gasteiger partial charge >= 0.3 is 0 Å². The van der Waals surface area contributed by atoms with Gasteiger partial charge in [0.1, 0.15) is 0 Å². The van der Waals surface area contributed by atoms with Gasteiger partial charge in [-0.2, -0.15) is 0 Å². The van der Waals surface area contributed by atoms with Gasteiger partial charge in [-0.25, -0.2) is 0 Å². The van der Waals surface area contributed by atoms with Crippen LogP contribution in [-0.4, -0.2) is 17.6 Å². The van der Waals surface area contributed by atoms with Crippen molar-refractivity contribution < 1.29 is 0 Å². The number of hydrogen-bond acceptors (Lipinski definition) is 2. The quantitative estimate of drug-likeness (QED) is 0.671. The number of pyridine rings is 1. The molecule has 0 bridgehead atoms. The summed E-state index contributed by atoms with van der Waals surface area (Å²) in [5.74, 6) is 0. The van der Waals surface area contributed by atoms with Gasteiger partial charge in [-0.1, -0.05) is 39.2 Å². The van der Waals surface area contributed by atoms with Crippen molar-refractivity contribution in [3.63, 3.8) is 0 Å². The normalized spacial score (nSPS) is 12.6. The van der Waals surface area contributed by atoms with Gasteiger partial charge in [0.05, 0.1) is 0 Å². The molecule has 2 heteroatoms. The number of nitrogens with zero attached hydrogens (tertiary/aromatic N) is 1. The first-order chi connectivity index (χ1) is 8.77. The highest BCUT2D eigenvalue weighted by molar-refractivity contribution is 5.18. The third-order valence-electron chi connectivity index (χ3n) is 3.40. The fourth-order valence-corrected chi connectivity index (χ4v) is 2.23. The summed E-state index contributed by atoms with van der Waals surface area (Å²) in [5, 5.41) is 3.66. The van der Waals surface area contributed by atoms with Crippen LogP contribution < -0.4 is 5.32 Å². The van der Waals surface area contributed by atoms with Gasteiger partial charge in [-0.05, 0) is 37.9 Å². The first-order valence-corrected chi connectivity index (χ1v) is 7.41. The summed E-state index contributed by atoms with van der Waals surface area (Å²) in [4.78, 5) is 4.51. The number of aromatic nitrogens is 1.